The zero-order valence-electron chi connectivity index (χ0n) is 35.9. The van der Waals surface area contributed by atoms with Crippen LogP contribution >= 0.6 is 23.1 Å². The van der Waals surface area contributed by atoms with E-state index in [0.717, 1.165) is 61.2 Å². The fourth-order valence-electron chi connectivity index (χ4n) is 9.00. The van der Waals surface area contributed by atoms with E-state index < -0.39 is 11.4 Å². The van der Waals surface area contributed by atoms with Crippen LogP contribution in [0.3, 0.4) is 0 Å². The third-order valence-electron chi connectivity index (χ3n) is 12.2. The minimum atomic E-state index is -1.26. The average molecular weight is 885 g/mol. The third kappa shape index (κ3) is 7.12. The summed E-state index contributed by atoms with van der Waals surface area (Å²) in [5.41, 5.74) is 15.4. The number of nitriles is 1. The number of aromatic nitrogens is 2. The Kier molecular flexibility index (Phi) is 10.6. The number of benzene rings is 7. The zero-order chi connectivity index (χ0) is 44.8. The molecule has 0 atom stereocenters. The number of methoxy groups -OCH3 is 2. The van der Waals surface area contributed by atoms with E-state index in [1.54, 1.807) is 31.6 Å². The van der Waals surface area contributed by atoms with Crippen LogP contribution in [-0.2, 0) is 10.2 Å². The second-order valence-electron chi connectivity index (χ2n) is 16.0. The second kappa shape index (κ2) is 16.7. The molecule has 0 fully saturated rings. The first kappa shape index (κ1) is 41.2. The van der Waals surface area contributed by atoms with Crippen molar-refractivity contribution in [1.82, 2.24) is 8.75 Å². The number of hydrogen-bond donors (Lipinski definition) is 1. The van der Waals surface area contributed by atoms with Crippen molar-refractivity contribution < 1.29 is 19.4 Å². The van der Waals surface area contributed by atoms with E-state index in [1.807, 2.05) is 48.5 Å². The monoisotopic (exact) mass is 884 g/mol. The van der Waals surface area contributed by atoms with Gasteiger partial charge in [0.1, 0.15) is 34.2 Å². The Hall–Kier alpha value is -7.84. The van der Waals surface area contributed by atoms with Crippen LogP contribution in [0.15, 0.2) is 163 Å². The smallest absolute Gasteiger partial charge is 0.346 e. The summed E-state index contributed by atoms with van der Waals surface area (Å²) in [6.07, 6.45) is 1.37. The zero-order valence-corrected chi connectivity index (χ0v) is 37.5. The highest BCUT2D eigenvalue weighted by Gasteiger charge is 2.48. The Morgan fingerprint density at radius 2 is 1.17 bits per heavy atom. The first-order valence-electron chi connectivity index (χ1n) is 20.9. The lowest BCUT2D eigenvalue weighted by Crippen LogP contribution is -2.28. The second-order valence-corrected chi connectivity index (χ2v) is 17.6. The summed E-state index contributed by atoms with van der Waals surface area (Å²) in [6, 6.07) is 57.0. The number of aliphatic carboxylic acids is 1. The van der Waals surface area contributed by atoms with Gasteiger partial charge >= 0.3 is 5.97 Å². The standard InChI is InChI=1S/C55H40N4O4S2/c1-33-5-13-38(14-6-33)55(39-15-7-34(2)8-16-39)48-30-42(59(40-17-22-43(62-3)23-18-40)41-19-24-44(63-4)25-20-41)21-26-46(48)53-49(55)31-50(64-53)47-28-27-45(51-52(47)58-65-57-51)36-11-9-35(10-12-36)29-37(32-56)54(60)61/h5-31H,1-4H3,(H,60,61)/b37-29+. The number of rotatable bonds is 11. The molecule has 10 rings (SSSR count). The summed E-state index contributed by atoms with van der Waals surface area (Å²) >= 11 is 2.96. The molecule has 0 saturated heterocycles. The quantitative estimate of drug-likeness (QED) is 0.101. The molecule has 0 radical (unpaired) electrons. The molecule has 1 aliphatic rings. The highest BCUT2D eigenvalue weighted by Crippen LogP contribution is 2.61. The predicted octanol–water partition coefficient (Wildman–Crippen LogP) is 13.5. The lowest BCUT2D eigenvalue weighted by molar-refractivity contribution is -0.132. The van der Waals surface area contributed by atoms with Crippen LogP contribution in [0.4, 0.5) is 17.1 Å². The van der Waals surface area contributed by atoms with Crippen molar-refractivity contribution in [2.75, 3.05) is 19.1 Å². The number of hydrogen-bond acceptors (Lipinski definition) is 9. The topological polar surface area (TPSA) is 109 Å². The van der Waals surface area contributed by atoms with Crippen molar-refractivity contribution >= 4 is 63.2 Å². The van der Waals surface area contributed by atoms with Gasteiger partial charge in [-0.2, -0.15) is 14.0 Å². The minimum absolute atomic E-state index is 0.322. The molecule has 7 aromatic carbocycles. The van der Waals surface area contributed by atoms with Crippen LogP contribution < -0.4 is 14.4 Å². The molecule has 316 valence electrons. The maximum Gasteiger partial charge on any atom is 0.346 e. The summed E-state index contributed by atoms with van der Waals surface area (Å²) in [6.45, 7) is 4.26. The van der Waals surface area contributed by atoms with Crippen molar-refractivity contribution in [1.29, 1.82) is 5.26 Å². The summed E-state index contributed by atoms with van der Waals surface area (Å²) in [7, 11) is 3.37. The predicted molar refractivity (Wildman–Crippen MR) is 262 cm³/mol. The largest absolute Gasteiger partial charge is 0.497 e. The minimum Gasteiger partial charge on any atom is -0.497 e. The number of thiophene rings is 1. The molecule has 10 heteroatoms. The van der Waals surface area contributed by atoms with Crippen LogP contribution in [0.25, 0.3) is 49.1 Å². The SMILES string of the molecule is COc1ccc(N(c2ccc(OC)cc2)c2ccc3c(c2)C(c2ccc(C)cc2)(c2ccc(C)cc2)c2cc(-c4ccc(-c5ccc(/C=C(\C#N)C(=O)O)cc5)c5nsnc45)sc2-3)cc1. The van der Waals surface area contributed by atoms with Crippen molar-refractivity contribution in [3.8, 4) is 49.6 Å². The van der Waals surface area contributed by atoms with Crippen molar-refractivity contribution in [2.24, 2.45) is 0 Å². The van der Waals surface area contributed by atoms with E-state index in [-0.39, 0.29) is 5.57 Å². The number of fused-ring (bicyclic) bond motifs is 4. The third-order valence-corrected chi connectivity index (χ3v) is 14.0. The molecule has 0 unspecified atom stereocenters. The average Bonchev–Trinajstić information content (AvgIpc) is 4.07. The van der Waals surface area contributed by atoms with Crippen LogP contribution in [0.2, 0.25) is 0 Å². The van der Waals surface area contributed by atoms with Gasteiger partial charge in [0, 0.05) is 37.9 Å². The van der Waals surface area contributed by atoms with Gasteiger partial charge in [-0.1, -0.05) is 102 Å². The lowest BCUT2D eigenvalue weighted by Gasteiger charge is -2.34. The fourth-order valence-corrected chi connectivity index (χ4v) is 10.9. The van der Waals surface area contributed by atoms with Crippen LogP contribution in [0.5, 0.6) is 11.5 Å². The number of carbonyl (C=O) groups is 1. The normalized spacial score (nSPS) is 12.6. The molecule has 2 aromatic heterocycles. The summed E-state index contributed by atoms with van der Waals surface area (Å²) in [5.74, 6) is 0.312. The van der Waals surface area contributed by atoms with Gasteiger partial charge in [0.15, 0.2) is 0 Å². The van der Waals surface area contributed by atoms with E-state index >= 15 is 0 Å². The first-order valence-corrected chi connectivity index (χ1v) is 22.5. The molecular formula is C55H40N4O4S2. The van der Waals surface area contributed by atoms with Gasteiger partial charge in [0.25, 0.3) is 0 Å². The van der Waals surface area contributed by atoms with Crippen LogP contribution in [-0.4, -0.2) is 34.0 Å². The molecule has 65 heavy (non-hydrogen) atoms. The number of anilines is 3. The molecular weight excluding hydrogens is 845 g/mol. The number of carboxylic acid groups (broad SMARTS) is 1. The van der Waals surface area contributed by atoms with E-state index in [0.29, 0.717) is 5.56 Å². The lowest BCUT2D eigenvalue weighted by atomic mass is 9.67. The van der Waals surface area contributed by atoms with Crippen LogP contribution in [0, 0.1) is 25.2 Å². The number of aryl methyl sites for hydroxylation is 2. The summed E-state index contributed by atoms with van der Waals surface area (Å²) in [5, 5.41) is 18.6. The first-order chi connectivity index (χ1) is 31.7. The van der Waals surface area contributed by atoms with Gasteiger partial charge in [-0.3, -0.25) is 0 Å². The Balaban J connectivity index is 1.16. The molecule has 0 spiro atoms. The molecule has 0 aliphatic heterocycles. The highest BCUT2D eigenvalue weighted by molar-refractivity contribution is 7.19. The number of carboxylic acids is 1. The van der Waals surface area contributed by atoms with E-state index in [9.17, 15) is 15.2 Å². The van der Waals surface area contributed by atoms with Crippen molar-refractivity contribution in [3.63, 3.8) is 0 Å². The van der Waals surface area contributed by atoms with Gasteiger partial charge in [-0.05, 0) is 126 Å². The molecule has 1 aliphatic carbocycles. The number of ether oxygens (including phenoxy) is 2. The van der Waals surface area contributed by atoms with Gasteiger partial charge in [0.05, 0.1) is 31.4 Å². The number of nitrogens with zero attached hydrogens (tertiary/aromatic N) is 4. The van der Waals surface area contributed by atoms with E-state index in [1.165, 1.54) is 61.6 Å². The van der Waals surface area contributed by atoms with Crippen LogP contribution in [0.1, 0.15) is 38.9 Å². The van der Waals surface area contributed by atoms with E-state index in [2.05, 4.69) is 128 Å². The van der Waals surface area contributed by atoms with Gasteiger partial charge < -0.3 is 19.5 Å². The van der Waals surface area contributed by atoms with Gasteiger partial charge in [-0.25, -0.2) is 4.79 Å². The summed E-state index contributed by atoms with van der Waals surface area (Å²) in [4.78, 5) is 16.0. The van der Waals surface area contributed by atoms with Gasteiger partial charge in [-0.15, -0.1) is 11.3 Å². The summed E-state index contributed by atoms with van der Waals surface area (Å²) < 4.78 is 20.8. The highest BCUT2D eigenvalue weighted by atomic mass is 32.1. The van der Waals surface area contributed by atoms with Gasteiger partial charge in [0.2, 0.25) is 0 Å². The molecule has 0 amide bonds. The molecule has 0 saturated carbocycles. The molecule has 0 bridgehead atoms. The maximum atomic E-state index is 11.5. The van der Waals surface area contributed by atoms with E-state index in [4.69, 9.17) is 18.2 Å². The Labute approximate surface area is 384 Å². The Morgan fingerprint density at radius 1 is 0.646 bits per heavy atom. The Morgan fingerprint density at radius 3 is 1.71 bits per heavy atom. The molecule has 9 aromatic rings. The fraction of sp³-hybridized carbons (Fsp3) is 0.0909. The maximum absolute atomic E-state index is 11.5. The van der Waals surface area contributed by atoms with Crippen molar-refractivity contribution in [2.45, 2.75) is 19.3 Å². The molecule has 1 N–H and O–H groups in total. The molecule has 8 nitrogen and oxygen atoms in total. The van der Waals surface area contributed by atoms with Crippen molar-refractivity contribution in [3.05, 3.63) is 202 Å². The Bertz CT molecular complexity index is 3240. The molecule has 2 heterocycles.